The first-order valence-corrected chi connectivity index (χ1v) is 11.9. The maximum Gasteiger partial charge on any atom is 0.418 e. The molecule has 1 amide bonds. The maximum absolute atomic E-state index is 13.7. The molecule has 0 heterocycles. The van der Waals surface area contributed by atoms with Crippen LogP contribution in [0.2, 0.25) is 5.02 Å². The number of fused-ring (bicyclic) bond motifs is 2. The predicted molar refractivity (Wildman–Crippen MR) is 141 cm³/mol. The van der Waals surface area contributed by atoms with Gasteiger partial charge in [-0.15, -0.1) is 0 Å². The Morgan fingerprint density at radius 3 is 1.95 bits per heavy atom. The Morgan fingerprint density at radius 1 is 0.763 bits per heavy atom. The number of rotatable bonds is 5. The molecule has 0 aliphatic carbocycles. The fraction of sp³-hybridized carbons (Fsp3) is 0.0667. The van der Waals surface area contributed by atoms with Gasteiger partial charge in [0.25, 0.3) is 5.91 Å². The molecule has 5 aromatic carbocycles. The predicted octanol–water partition coefficient (Wildman–Crippen LogP) is 8.20. The molecule has 190 valence electrons. The van der Waals surface area contributed by atoms with Crippen molar-refractivity contribution in [3.05, 3.63) is 125 Å². The standard InChI is InChI=1S/C30H19ClF3NO3/c31-21-14-15-25(24(17-21)30(32,33)34)35-28(36)27(18-8-2-1-3-9-18)38-29(37)26-22-12-6-4-10-19(22)16-20-11-5-7-13-23(20)26/h1-17,27H,(H,35,36)/t27-/m1/s1. The number of benzene rings is 5. The van der Waals surface area contributed by atoms with E-state index in [9.17, 15) is 22.8 Å². The number of carbonyl (C=O) groups is 2. The van der Waals surface area contributed by atoms with E-state index in [1.54, 1.807) is 54.6 Å². The molecule has 8 heteroatoms. The Labute approximate surface area is 220 Å². The third-order valence-corrected chi connectivity index (χ3v) is 6.32. The number of nitrogens with one attached hydrogen (secondary N) is 1. The molecule has 4 nitrogen and oxygen atoms in total. The van der Waals surface area contributed by atoms with Gasteiger partial charge < -0.3 is 10.1 Å². The van der Waals surface area contributed by atoms with E-state index in [2.05, 4.69) is 5.32 Å². The van der Waals surface area contributed by atoms with Crippen LogP contribution in [-0.4, -0.2) is 11.9 Å². The second-order valence-electron chi connectivity index (χ2n) is 8.57. The second-order valence-corrected chi connectivity index (χ2v) is 9.00. The van der Waals surface area contributed by atoms with Crippen molar-refractivity contribution in [3.8, 4) is 0 Å². The lowest BCUT2D eigenvalue weighted by molar-refractivity contribution is -0.137. The molecule has 0 saturated heterocycles. The summed E-state index contributed by atoms with van der Waals surface area (Å²) < 4.78 is 46.7. The highest BCUT2D eigenvalue weighted by molar-refractivity contribution is 6.30. The number of esters is 1. The molecular formula is C30H19ClF3NO3. The number of amides is 1. The largest absolute Gasteiger partial charge is 0.444 e. The van der Waals surface area contributed by atoms with Crippen LogP contribution in [0.3, 0.4) is 0 Å². The zero-order chi connectivity index (χ0) is 26.9. The topological polar surface area (TPSA) is 55.4 Å². The van der Waals surface area contributed by atoms with Crippen molar-refractivity contribution < 1.29 is 27.5 Å². The van der Waals surface area contributed by atoms with E-state index in [-0.39, 0.29) is 10.6 Å². The molecule has 1 atom stereocenters. The number of carbonyl (C=O) groups excluding carboxylic acids is 2. The summed E-state index contributed by atoms with van der Waals surface area (Å²) in [5.74, 6) is -1.73. The summed E-state index contributed by atoms with van der Waals surface area (Å²) in [4.78, 5) is 27.1. The van der Waals surface area contributed by atoms with E-state index < -0.39 is 35.4 Å². The van der Waals surface area contributed by atoms with Crippen LogP contribution in [0.5, 0.6) is 0 Å². The molecule has 0 bridgehead atoms. The van der Waals surface area contributed by atoms with Crippen LogP contribution in [-0.2, 0) is 15.7 Å². The van der Waals surface area contributed by atoms with Gasteiger partial charge in [-0.3, -0.25) is 4.79 Å². The monoisotopic (exact) mass is 533 g/mol. The molecule has 1 N–H and O–H groups in total. The van der Waals surface area contributed by atoms with Crippen LogP contribution >= 0.6 is 11.6 Å². The lowest BCUT2D eigenvalue weighted by Gasteiger charge is -2.21. The molecule has 0 radical (unpaired) electrons. The fourth-order valence-corrected chi connectivity index (χ4v) is 4.53. The summed E-state index contributed by atoms with van der Waals surface area (Å²) in [5.41, 5.74) is -1.06. The van der Waals surface area contributed by atoms with Gasteiger partial charge in [-0.1, -0.05) is 90.5 Å². The van der Waals surface area contributed by atoms with E-state index in [1.807, 2.05) is 30.3 Å². The van der Waals surface area contributed by atoms with Gasteiger partial charge in [0.2, 0.25) is 6.10 Å². The van der Waals surface area contributed by atoms with Gasteiger partial charge in [-0.05, 0) is 45.8 Å². The third-order valence-electron chi connectivity index (χ3n) is 6.09. The first kappa shape index (κ1) is 25.3. The van der Waals surface area contributed by atoms with E-state index in [1.165, 1.54) is 6.07 Å². The highest BCUT2D eigenvalue weighted by atomic mass is 35.5. The Balaban J connectivity index is 1.56. The normalized spacial score (nSPS) is 12.3. The van der Waals surface area contributed by atoms with Gasteiger partial charge in [0.05, 0.1) is 16.8 Å². The molecule has 0 spiro atoms. The summed E-state index contributed by atoms with van der Waals surface area (Å²) in [6.45, 7) is 0. The van der Waals surface area contributed by atoms with Crippen molar-refractivity contribution in [1.29, 1.82) is 0 Å². The average molecular weight is 534 g/mol. The zero-order valence-electron chi connectivity index (χ0n) is 19.6. The van der Waals surface area contributed by atoms with Crippen LogP contribution < -0.4 is 5.32 Å². The summed E-state index contributed by atoms with van der Waals surface area (Å²) in [5, 5.41) is 5.00. The summed E-state index contributed by atoms with van der Waals surface area (Å²) in [6, 6.07) is 27.6. The minimum atomic E-state index is -4.77. The highest BCUT2D eigenvalue weighted by Crippen LogP contribution is 2.37. The number of hydrogen-bond acceptors (Lipinski definition) is 3. The van der Waals surface area contributed by atoms with Crippen LogP contribution in [0.15, 0.2) is 103 Å². The molecule has 0 aliphatic heterocycles. The maximum atomic E-state index is 13.7. The molecular weight excluding hydrogens is 515 g/mol. The fourth-order valence-electron chi connectivity index (χ4n) is 4.36. The number of hydrogen-bond donors (Lipinski definition) is 1. The summed E-state index contributed by atoms with van der Waals surface area (Å²) >= 11 is 5.77. The first-order valence-electron chi connectivity index (χ1n) is 11.6. The van der Waals surface area contributed by atoms with Crippen molar-refractivity contribution in [2.75, 3.05) is 5.32 Å². The van der Waals surface area contributed by atoms with Gasteiger partial charge in [0, 0.05) is 10.6 Å². The molecule has 0 unspecified atom stereocenters. The molecule has 0 aromatic heterocycles. The molecule has 0 saturated carbocycles. The van der Waals surface area contributed by atoms with Crippen molar-refractivity contribution in [3.63, 3.8) is 0 Å². The van der Waals surface area contributed by atoms with E-state index >= 15 is 0 Å². The third kappa shape index (κ3) is 5.06. The van der Waals surface area contributed by atoms with Gasteiger partial charge >= 0.3 is 12.1 Å². The van der Waals surface area contributed by atoms with Crippen molar-refractivity contribution in [1.82, 2.24) is 0 Å². The SMILES string of the molecule is O=C(O[C@@H](C(=O)Nc1ccc(Cl)cc1C(F)(F)F)c1ccccc1)c1c2ccccc2cc2ccccc12. The molecule has 0 fully saturated rings. The Hall–Kier alpha value is -4.36. The lowest BCUT2D eigenvalue weighted by atomic mass is 9.97. The zero-order valence-corrected chi connectivity index (χ0v) is 20.4. The smallest absolute Gasteiger partial charge is 0.418 e. The first-order chi connectivity index (χ1) is 18.2. The van der Waals surface area contributed by atoms with Crippen molar-refractivity contribution in [2.45, 2.75) is 12.3 Å². The minimum Gasteiger partial charge on any atom is -0.444 e. The van der Waals surface area contributed by atoms with Crippen LogP contribution in [0.4, 0.5) is 18.9 Å². The Kier molecular flexibility index (Phi) is 6.78. The van der Waals surface area contributed by atoms with E-state index in [4.69, 9.17) is 16.3 Å². The minimum absolute atomic E-state index is 0.135. The van der Waals surface area contributed by atoms with Crippen molar-refractivity contribution in [2.24, 2.45) is 0 Å². The van der Waals surface area contributed by atoms with Gasteiger partial charge in [0.1, 0.15) is 0 Å². The molecule has 0 aliphatic rings. The lowest BCUT2D eigenvalue weighted by Crippen LogP contribution is -2.27. The van der Waals surface area contributed by atoms with E-state index in [0.29, 0.717) is 16.3 Å². The Bertz CT molecular complexity index is 1610. The quantitative estimate of drug-likeness (QED) is 0.183. The number of ether oxygens (including phenoxy) is 1. The molecule has 38 heavy (non-hydrogen) atoms. The number of anilines is 1. The summed E-state index contributed by atoms with van der Waals surface area (Å²) in [6.07, 6.45) is -6.30. The van der Waals surface area contributed by atoms with Crippen LogP contribution in [0.1, 0.15) is 27.6 Å². The van der Waals surface area contributed by atoms with E-state index in [0.717, 1.165) is 22.9 Å². The molecule has 5 aromatic rings. The Morgan fingerprint density at radius 2 is 1.34 bits per heavy atom. The summed E-state index contributed by atoms with van der Waals surface area (Å²) in [7, 11) is 0. The average Bonchev–Trinajstić information content (AvgIpc) is 2.91. The number of alkyl halides is 3. The number of halogens is 4. The van der Waals surface area contributed by atoms with Gasteiger partial charge in [0.15, 0.2) is 0 Å². The molecule has 5 rings (SSSR count). The van der Waals surface area contributed by atoms with Crippen LogP contribution in [0, 0.1) is 0 Å². The van der Waals surface area contributed by atoms with Crippen molar-refractivity contribution >= 4 is 50.7 Å². The van der Waals surface area contributed by atoms with Gasteiger partial charge in [-0.2, -0.15) is 13.2 Å². The van der Waals surface area contributed by atoms with Gasteiger partial charge in [-0.25, -0.2) is 4.79 Å². The second kappa shape index (κ2) is 10.2. The van der Waals surface area contributed by atoms with Crippen LogP contribution in [0.25, 0.3) is 21.5 Å². The highest BCUT2D eigenvalue weighted by Gasteiger charge is 2.35.